The minimum Gasteiger partial charge on any atom is -0.378 e. The van der Waals surface area contributed by atoms with Gasteiger partial charge < -0.3 is 9.64 Å². The van der Waals surface area contributed by atoms with Gasteiger partial charge in [0.05, 0.1) is 13.2 Å². The first-order valence-electron chi connectivity index (χ1n) is 5.09. The van der Waals surface area contributed by atoms with Crippen molar-refractivity contribution in [3.05, 3.63) is 50.1 Å². The molecule has 0 unspecified atom stereocenters. The van der Waals surface area contributed by atoms with Gasteiger partial charge in [0.1, 0.15) is 0 Å². The lowest BCUT2D eigenvalue weighted by molar-refractivity contribution is -0.130. The second kappa shape index (κ2) is 8.68. The molecule has 1 heterocycles. The van der Waals surface area contributed by atoms with Crippen LogP contribution in [0.1, 0.15) is 0 Å². The van der Waals surface area contributed by atoms with E-state index in [1.54, 1.807) is 17.1 Å². The first-order chi connectivity index (χ1) is 7.67. The molecule has 0 aromatic heterocycles. The quantitative estimate of drug-likeness (QED) is 0.538. The van der Waals surface area contributed by atoms with Crippen molar-refractivity contribution in [1.82, 2.24) is 4.90 Å². The third-order valence-electron chi connectivity index (χ3n) is 1.99. The summed E-state index contributed by atoms with van der Waals surface area (Å²) in [6, 6.07) is 0. The smallest absolute Gasteiger partial charge is 0.253 e. The summed E-state index contributed by atoms with van der Waals surface area (Å²) >= 11 is 0. The molecule has 1 saturated heterocycles. The number of morpholine rings is 1. The summed E-state index contributed by atoms with van der Waals surface area (Å²) in [6.45, 7) is 16.4. The van der Waals surface area contributed by atoms with Crippen molar-refractivity contribution in [2.24, 2.45) is 0 Å². The standard InChI is InChI=1S/C9H13NO2.C4H6/c1-3-8(2)9(11)10-4-6-12-7-5-10;1-3-4-2/h3H,1-2,4-7H2;3-4H,1-2H2. The normalized spacial score (nSPS) is 14.1. The van der Waals surface area contributed by atoms with Crippen molar-refractivity contribution in [2.75, 3.05) is 26.3 Å². The molecule has 1 rings (SSSR count). The summed E-state index contributed by atoms with van der Waals surface area (Å²) in [7, 11) is 0. The van der Waals surface area contributed by atoms with E-state index >= 15 is 0 Å². The molecule has 0 aliphatic carbocycles. The summed E-state index contributed by atoms with van der Waals surface area (Å²) in [5.74, 6) is -0.0340. The van der Waals surface area contributed by atoms with E-state index in [1.807, 2.05) is 0 Å². The highest BCUT2D eigenvalue weighted by Gasteiger charge is 2.17. The van der Waals surface area contributed by atoms with Gasteiger partial charge in [-0.15, -0.1) is 0 Å². The van der Waals surface area contributed by atoms with Crippen LogP contribution in [0.3, 0.4) is 0 Å². The fraction of sp³-hybridized carbons (Fsp3) is 0.308. The average molecular weight is 221 g/mol. The van der Waals surface area contributed by atoms with Crippen LogP contribution in [-0.2, 0) is 9.53 Å². The Morgan fingerprint density at radius 3 is 2.00 bits per heavy atom. The van der Waals surface area contributed by atoms with E-state index in [1.165, 1.54) is 6.08 Å². The fourth-order valence-corrected chi connectivity index (χ4v) is 1.06. The number of carbonyl (C=O) groups excluding carboxylic acids is 1. The molecule has 3 nitrogen and oxygen atoms in total. The van der Waals surface area contributed by atoms with Crippen molar-refractivity contribution in [3.8, 4) is 0 Å². The van der Waals surface area contributed by atoms with Gasteiger partial charge >= 0.3 is 0 Å². The van der Waals surface area contributed by atoms with Crippen molar-refractivity contribution in [3.63, 3.8) is 0 Å². The molecule has 1 aliphatic rings. The fourth-order valence-electron chi connectivity index (χ4n) is 1.06. The molecule has 0 saturated carbocycles. The van der Waals surface area contributed by atoms with E-state index in [0.29, 0.717) is 31.9 Å². The van der Waals surface area contributed by atoms with E-state index in [0.717, 1.165) is 0 Å². The minimum atomic E-state index is -0.0340. The molecule has 0 bridgehead atoms. The maximum atomic E-state index is 11.4. The Morgan fingerprint density at radius 2 is 1.62 bits per heavy atom. The van der Waals surface area contributed by atoms with Crippen LogP contribution >= 0.6 is 0 Å². The third-order valence-corrected chi connectivity index (χ3v) is 1.99. The Balaban J connectivity index is 0.000000487. The van der Waals surface area contributed by atoms with Crippen LogP contribution in [0, 0.1) is 0 Å². The Morgan fingerprint density at radius 1 is 1.12 bits per heavy atom. The summed E-state index contributed by atoms with van der Waals surface area (Å²) in [5.41, 5.74) is 0.455. The van der Waals surface area contributed by atoms with E-state index < -0.39 is 0 Å². The molecule has 1 aliphatic heterocycles. The molecule has 0 radical (unpaired) electrons. The largest absolute Gasteiger partial charge is 0.378 e. The first kappa shape index (κ1) is 14.4. The summed E-state index contributed by atoms with van der Waals surface area (Å²) in [4.78, 5) is 13.2. The number of carbonyl (C=O) groups is 1. The molecule has 16 heavy (non-hydrogen) atoms. The minimum absolute atomic E-state index is 0.0340. The zero-order valence-corrected chi connectivity index (χ0v) is 9.65. The van der Waals surface area contributed by atoms with Crippen LogP contribution in [-0.4, -0.2) is 37.1 Å². The van der Waals surface area contributed by atoms with E-state index in [9.17, 15) is 4.79 Å². The predicted molar refractivity (Wildman–Crippen MR) is 67.1 cm³/mol. The number of nitrogens with zero attached hydrogens (tertiary/aromatic N) is 1. The molecule has 0 aromatic rings. The van der Waals surface area contributed by atoms with Crippen LogP contribution in [0.2, 0.25) is 0 Å². The monoisotopic (exact) mass is 221 g/mol. The highest BCUT2D eigenvalue weighted by Crippen LogP contribution is 2.03. The van der Waals surface area contributed by atoms with Gasteiger partial charge in [-0.05, 0) is 0 Å². The Bertz CT molecular complexity index is 270. The molecule has 0 atom stereocenters. The lowest BCUT2D eigenvalue weighted by Crippen LogP contribution is -2.41. The van der Waals surface area contributed by atoms with Gasteiger partial charge in [-0.2, -0.15) is 0 Å². The van der Waals surface area contributed by atoms with E-state index in [4.69, 9.17) is 4.74 Å². The Labute approximate surface area is 97.4 Å². The van der Waals surface area contributed by atoms with Gasteiger partial charge in [0.15, 0.2) is 0 Å². The molecule has 0 N–H and O–H groups in total. The van der Waals surface area contributed by atoms with Crippen molar-refractivity contribution in [1.29, 1.82) is 0 Å². The van der Waals surface area contributed by atoms with Crippen LogP contribution < -0.4 is 0 Å². The Kier molecular flexibility index (Phi) is 7.81. The van der Waals surface area contributed by atoms with Crippen LogP contribution in [0.5, 0.6) is 0 Å². The van der Waals surface area contributed by atoms with Gasteiger partial charge in [0, 0.05) is 18.7 Å². The maximum Gasteiger partial charge on any atom is 0.253 e. The second-order valence-corrected chi connectivity index (χ2v) is 3.11. The zero-order valence-electron chi connectivity index (χ0n) is 9.65. The summed E-state index contributed by atoms with van der Waals surface area (Å²) < 4.78 is 5.11. The Hall–Kier alpha value is -1.61. The van der Waals surface area contributed by atoms with Crippen LogP contribution in [0.4, 0.5) is 0 Å². The topological polar surface area (TPSA) is 29.5 Å². The third kappa shape index (κ3) is 5.32. The molecule has 0 aromatic carbocycles. The summed E-state index contributed by atoms with van der Waals surface area (Å²) in [6.07, 6.45) is 4.76. The highest BCUT2D eigenvalue weighted by atomic mass is 16.5. The highest BCUT2D eigenvalue weighted by molar-refractivity contribution is 5.95. The van der Waals surface area contributed by atoms with Crippen LogP contribution in [0.15, 0.2) is 50.1 Å². The zero-order chi connectivity index (χ0) is 12.4. The van der Waals surface area contributed by atoms with Gasteiger partial charge in [-0.3, -0.25) is 4.79 Å². The number of hydrogen-bond donors (Lipinski definition) is 0. The molecular weight excluding hydrogens is 202 g/mol. The number of allylic oxidation sites excluding steroid dienone is 2. The predicted octanol–water partition coefficient (Wildman–Crippen LogP) is 1.95. The molecular formula is C13H19NO2. The number of ether oxygens (including phenoxy) is 1. The van der Waals surface area contributed by atoms with E-state index in [2.05, 4.69) is 26.3 Å². The molecule has 3 heteroatoms. The van der Waals surface area contributed by atoms with Gasteiger partial charge in [0.25, 0.3) is 5.91 Å². The number of hydrogen-bond acceptors (Lipinski definition) is 2. The SMILES string of the molecule is C=CC(=C)C(=O)N1CCOCC1.C=CC=C. The number of amides is 1. The van der Waals surface area contributed by atoms with Gasteiger partial charge in [0.2, 0.25) is 0 Å². The molecule has 88 valence electrons. The van der Waals surface area contributed by atoms with Crippen molar-refractivity contribution in [2.45, 2.75) is 0 Å². The van der Waals surface area contributed by atoms with Crippen molar-refractivity contribution >= 4 is 5.91 Å². The lowest BCUT2D eigenvalue weighted by atomic mass is 10.2. The molecule has 0 spiro atoms. The lowest BCUT2D eigenvalue weighted by Gasteiger charge is -2.26. The van der Waals surface area contributed by atoms with Crippen molar-refractivity contribution < 1.29 is 9.53 Å². The van der Waals surface area contributed by atoms with Gasteiger partial charge in [-0.1, -0.05) is 44.5 Å². The number of rotatable bonds is 3. The molecule has 1 amide bonds. The summed E-state index contributed by atoms with van der Waals surface area (Å²) in [5, 5.41) is 0. The maximum absolute atomic E-state index is 11.4. The van der Waals surface area contributed by atoms with Gasteiger partial charge in [-0.25, -0.2) is 0 Å². The first-order valence-corrected chi connectivity index (χ1v) is 5.09. The van der Waals surface area contributed by atoms with E-state index in [-0.39, 0.29) is 5.91 Å². The van der Waals surface area contributed by atoms with Crippen LogP contribution in [0.25, 0.3) is 0 Å². The average Bonchev–Trinajstić information content (AvgIpc) is 2.38. The molecule has 1 fully saturated rings. The second-order valence-electron chi connectivity index (χ2n) is 3.11.